The quantitative estimate of drug-likeness (QED) is 0.293. The zero-order chi connectivity index (χ0) is 27.5. The van der Waals surface area contributed by atoms with Crippen LogP contribution in [0.4, 0.5) is 10.5 Å². The molecule has 0 saturated heterocycles. The summed E-state index contributed by atoms with van der Waals surface area (Å²) < 4.78 is 1.99. The first-order chi connectivity index (χ1) is 19.6. The highest BCUT2D eigenvalue weighted by molar-refractivity contribution is 5.92. The highest BCUT2D eigenvalue weighted by Gasteiger charge is 2.46. The van der Waals surface area contributed by atoms with Gasteiger partial charge in [-0.05, 0) is 78.5 Å². The van der Waals surface area contributed by atoms with E-state index in [0.717, 1.165) is 48.3 Å². The van der Waals surface area contributed by atoms with E-state index in [4.69, 9.17) is 5.10 Å². The number of carbonyl (C=O) groups excluding carboxylic acids is 1. The minimum Gasteiger partial charge on any atom is -0.395 e. The van der Waals surface area contributed by atoms with Crippen LogP contribution in [0.1, 0.15) is 49.0 Å². The molecule has 0 bridgehead atoms. The number of aromatic nitrogens is 3. The van der Waals surface area contributed by atoms with E-state index in [1.165, 1.54) is 11.1 Å². The molecule has 7 nitrogen and oxygen atoms in total. The second kappa shape index (κ2) is 11.1. The lowest BCUT2D eigenvalue weighted by molar-refractivity contribution is 0.217. The van der Waals surface area contributed by atoms with Crippen molar-refractivity contribution in [2.24, 2.45) is 11.3 Å². The number of aliphatic hydroxyl groups excluding tert-OH is 1. The fourth-order valence-corrected chi connectivity index (χ4v) is 6.53. The summed E-state index contributed by atoms with van der Waals surface area (Å²) in [5.74, 6) is 0.391. The molecule has 7 heteroatoms. The van der Waals surface area contributed by atoms with Gasteiger partial charge in [0, 0.05) is 11.9 Å². The molecule has 2 N–H and O–H groups in total. The summed E-state index contributed by atoms with van der Waals surface area (Å²) in [5.41, 5.74) is 6.69. The molecule has 0 spiro atoms. The highest BCUT2D eigenvalue weighted by atomic mass is 16.3. The monoisotopic (exact) mass is 533 g/mol. The molecule has 0 aliphatic heterocycles. The molecule has 2 aliphatic carbocycles. The summed E-state index contributed by atoms with van der Waals surface area (Å²) in [7, 11) is 0. The molecule has 204 valence electrons. The maximum atomic E-state index is 13.6. The molecule has 2 heterocycles. The first kappa shape index (κ1) is 26.0. The Labute approximate surface area is 235 Å². The number of rotatable bonds is 8. The molecule has 3 atom stereocenters. The fourth-order valence-electron chi connectivity index (χ4n) is 6.53. The standard InChI is InChI=1S/C33H35N5O2/c1-33-21-25-22-35-38(29-13-8-16-34-23-29)31(25)20-27(33)15-14-26(33)19-30(24-9-4-2-5-10-24)36-32(40)37(17-18-39)28-11-6-3-7-12-28/h2-13,16,20,22-23,26,30,39H,14-15,17-19,21H2,1H3,(H,36,40)/t26-,30?,33-/m1/s1. The minimum absolute atomic E-state index is 0.00221. The largest absolute Gasteiger partial charge is 0.395 e. The van der Waals surface area contributed by atoms with Crippen molar-refractivity contribution in [3.63, 3.8) is 0 Å². The second-order valence-electron chi connectivity index (χ2n) is 11.0. The van der Waals surface area contributed by atoms with Crippen molar-refractivity contribution in [3.8, 4) is 5.69 Å². The SMILES string of the molecule is C[C@]12Cc3cnn(-c4cccnc4)c3C=C1CC[C@@H]2CC(NC(=O)N(CCO)c1ccccc1)c1ccccc1. The summed E-state index contributed by atoms with van der Waals surface area (Å²) in [6.07, 6.45) is 11.8. The van der Waals surface area contributed by atoms with Crippen LogP contribution in [-0.4, -0.2) is 39.1 Å². The molecule has 1 unspecified atom stereocenters. The number of amides is 2. The maximum absolute atomic E-state index is 13.6. The molecular weight excluding hydrogens is 498 g/mol. The number of urea groups is 1. The van der Waals surface area contributed by atoms with Crippen molar-refractivity contribution in [1.29, 1.82) is 0 Å². The van der Waals surface area contributed by atoms with Gasteiger partial charge in [-0.3, -0.25) is 9.88 Å². The van der Waals surface area contributed by atoms with Gasteiger partial charge in [0.2, 0.25) is 0 Å². The number of para-hydroxylation sites is 1. The van der Waals surface area contributed by atoms with Crippen molar-refractivity contribution in [2.45, 2.75) is 38.6 Å². The van der Waals surface area contributed by atoms with Gasteiger partial charge >= 0.3 is 6.03 Å². The van der Waals surface area contributed by atoms with Crippen LogP contribution in [0.15, 0.2) is 97.0 Å². The van der Waals surface area contributed by atoms with Crippen LogP contribution in [0.5, 0.6) is 0 Å². The third kappa shape index (κ3) is 4.93. The predicted octanol–water partition coefficient (Wildman–Crippen LogP) is 5.96. The molecule has 1 fully saturated rings. The van der Waals surface area contributed by atoms with Crippen LogP contribution >= 0.6 is 0 Å². The molecule has 0 radical (unpaired) electrons. The fraction of sp³-hybridized carbons (Fsp3) is 0.303. The Balaban J connectivity index is 1.26. The van der Waals surface area contributed by atoms with Crippen molar-refractivity contribution < 1.29 is 9.90 Å². The molecule has 2 aromatic carbocycles. The minimum atomic E-state index is -0.198. The first-order valence-electron chi connectivity index (χ1n) is 14.0. The number of allylic oxidation sites excluding steroid dienone is 1. The average Bonchev–Trinajstić information content (AvgIpc) is 3.54. The third-order valence-electron chi connectivity index (χ3n) is 8.70. The van der Waals surface area contributed by atoms with Gasteiger partial charge in [0.1, 0.15) is 0 Å². The predicted molar refractivity (Wildman–Crippen MR) is 157 cm³/mol. The molecular formula is C33H35N5O2. The van der Waals surface area contributed by atoms with Gasteiger partial charge in [-0.2, -0.15) is 5.10 Å². The van der Waals surface area contributed by atoms with E-state index in [1.54, 1.807) is 11.1 Å². The summed E-state index contributed by atoms with van der Waals surface area (Å²) >= 11 is 0. The lowest BCUT2D eigenvalue weighted by atomic mass is 9.68. The molecule has 40 heavy (non-hydrogen) atoms. The van der Waals surface area contributed by atoms with Crippen molar-refractivity contribution in [3.05, 3.63) is 114 Å². The molecule has 4 aromatic rings. The number of nitrogens with one attached hydrogen (secondary N) is 1. The molecule has 6 rings (SSSR count). The zero-order valence-corrected chi connectivity index (χ0v) is 22.8. The van der Waals surface area contributed by atoms with E-state index in [9.17, 15) is 9.90 Å². The van der Waals surface area contributed by atoms with Gasteiger partial charge < -0.3 is 10.4 Å². The Morgan fingerprint density at radius 2 is 1.88 bits per heavy atom. The lowest BCUT2D eigenvalue weighted by Crippen LogP contribution is -2.44. The highest BCUT2D eigenvalue weighted by Crippen LogP contribution is 2.55. The number of hydrogen-bond donors (Lipinski definition) is 2. The smallest absolute Gasteiger partial charge is 0.322 e. The molecule has 1 saturated carbocycles. The Bertz CT molecular complexity index is 1490. The summed E-state index contributed by atoms with van der Waals surface area (Å²) in [4.78, 5) is 19.5. The average molecular weight is 534 g/mol. The zero-order valence-electron chi connectivity index (χ0n) is 22.8. The van der Waals surface area contributed by atoms with E-state index < -0.39 is 0 Å². The van der Waals surface area contributed by atoms with E-state index in [1.807, 2.05) is 77.7 Å². The van der Waals surface area contributed by atoms with E-state index in [2.05, 4.69) is 35.4 Å². The van der Waals surface area contributed by atoms with Gasteiger partial charge in [-0.1, -0.05) is 61.0 Å². The Morgan fingerprint density at radius 1 is 1.10 bits per heavy atom. The van der Waals surface area contributed by atoms with Crippen molar-refractivity contribution in [2.75, 3.05) is 18.1 Å². The van der Waals surface area contributed by atoms with E-state index >= 15 is 0 Å². The topological polar surface area (TPSA) is 83.3 Å². The number of hydrogen-bond acceptors (Lipinski definition) is 4. The number of nitrogens with zero attached hydrogens (tertiary/aromatic N) is 4. The van der Waals surface area contributed by atoms with Crippen LogP contribution in [0.2, 0.25) is 0 Å². The number of fused-ring (bicyclic) bond motifs is 2. The Hall–Kier alpha value is -4.23. The maximum Gasteiger partial charge on any atom is 0.322 e. The van der Waals surface area contributed by atoms with E-state index in [-0.39, 0.29) is 30.6 Å². The summed E-state index contributed by atoms with van der Waals surface area (Å²) in [5, 5.41) is 17.8. The summed E-state index contributed by atoms with van der Waals surface area (Å²) in [6, 6.07) is 23.4. The van der Waals surface area contributed by atoms with Crippen LogP contribution in [0.3, 0.4) is 0 Å². The van der Waals surface area contributed by atoms with Crippen LogP contribution in [-0.2, 0) is 6.42 Å². The second-order valence-corrected chi connectivity index (χ2v) is 11.0. The van der Waals surface area contributed by atoms with E-state index in [0.29, 0.717) is 5.92 Å². The third-order valence-corrected chi connectivity index (χ3v) is 8.70. The Morgan fingerprint density at radius 3 is 2.60 bits per heavy atom. The van der Waals surface area contributed by atoms with Crippen LogP contribution in [0, 0.1) is 11.3 Å². The Kier molecular flexibility index (Phi) is 7.22. The molecule has 2 amide bonds. The lowest BCUT2D eigenvalue weighted by Gasteiger charge is -2.38. The van der Waals surface area contributed by atoms with Gasteiger partial charge in [-0.15, -0.1) is 0 Å². The molecule has 2 aliphatic rings. The van der Waals surface area contributed by atoms with Crippen molar-refractivity contribution in [1.82, 2.24) is 20.1 Å². The van der Waals surface area contributed by atoms with Crippen molar-refractivity contribution >= 4 is 17.8 Å². The van der Waals surface area contributed by atoms with Crippen LogP contribution in [0.25, 0.3) is 11.8 Å². The normalized spacial score (nSPS) is 20.2. The van der Waals surface area contributed by atoms with Gasteiger partial charge in [-0.25, -0.2) is 9.48 Å². The summed E-state index contributed by atoms with van der Waals surface area (Å²) in [6.45, 7) is 2.50. The van der Waals surface area contributed by atoms with Gasteiger partial charge in [0.25, 0.3) is 0 Å². The number of pyridine rings is 1. The number of aliphatic hydroxyl groups is 1. The van der Waals surface area contributed by atoms with Gasteiger partial charge in [0.05, 0.1) is 43.0 Å². The van der Waals surface area contributed by atoms with Crippen LogP contribution < -0.4 is 10.2 Å². The first-order valence-corrected chi connectivity index (χ1v) is 14.0. The number of carbonyl (C=O) groups is 1. The number of benzene rings is 2. The van der Waals surface area contributed by atoms with Gasteiger partial charge in [0.15, 0.2) is 0 Å². The molecule has 2 aromatic heterocycles. The number of anilines is 1.